The molecule has 15 nitrogen and oxygen atoms in total. The van der Waals surface area contributed by atoms with Crippen LogP contribution >= 0.6 is 0 Å². The van der Waals surface area contributed by atoms with E-state index in [1.165, 1.54) is 45.9 Å². The van der Waals surface area contributed by atoms with Crippen molar-refractivity contribution in [2.24, 2.45) is 13.0 Å². The summed E-state index contributed by atoms with van der Waals surface area (Å²) in [5, 5.41) is 23.1. The van der Waals surface area contributed by atoms with Crippen molar-refractivity contribution in [3.05, 3.63) is 42.6 Å². The summed E-state index contributed by atoms with van der Waals surface area (Å²) >= 11 is 0. The molecule has 39 heavy (non-hydrogen) atoms. The van der Waals surface area contributed by atoms with Gasteiger partial charge in [-0.3, -0.25) is 9.59 Å². The summed E-state index contributed by atoms with van der Waals surface area (Å²) in [5.74, 6) is -0.861. The Labute approximate surface area is 225 Å². The van der Waals surface area contributed by atoms with E-state index in [1.54, 1.807) is 30.7 Å². The lowest BCUT2D eigenvalue weighted by Crippen LogP contribution is -2.50. The molecule has 0 radical (unpaired) electrons. The number of anilines is 1. The van der Waals surface area contributed by atoms with E-state index in [-0.39, 0.29) is 54.4 Å². The van der Waals surface area contributed by atoms with Crippen LogP contribution in [0.1, 0.15) is 24.2 Å². The maximum absolute atomic E-state index is 13.6. The number of aliphatic hydroxyl groups excluding tert-OH is 1. The van der Waals surface area contributed by atoms with Crippen molar-refractivity contribution >= 4 is 27.5 Å². The molecule has 0 spiro atoms. The van der Waals surface area contributed by atoms with Gasteiger partial charge in [0.25, 0.3) is 15.9 Å². The highest BCUT2D eigenvalue weighted by molar-refractivity contribution is 7.89. The van der Waals surface area contributed by atoms with Gasteiger partial charge in [0, 0.05) is 38.4 Å². The number of amides is 2. The molecule has 16 heteroatoms. The third-order valence-corrected chi connectivity index (χ3v) is 8.15. The van der Waals surface area contributed by atoms with Gasteiger partial charge in [0.15, 0.2) is 5.03 Å². The Balaban J connectivity index is 1.62. The SMILES string of the molecule is CC1CN(C(C)CO)C(=O)c2cc(NC(=O)Cn3cnnn3)ccc2OC1CN(C)S(=O)(=O)c1cn(C)cn1. The third kappa shape index (κ3) is 6.23. The average molecular weight is 562 g/mol. The van der Waals surface area contributed by atoms with Crippen molar-refractivity contribution in [3.8, 4) is 5.75 Å². The molecular formula is C23H31N9O6S. The molecule has 210 valence electrons. The zero-order valence-corrected chi connectivity index (χ0v) is 22.8. The van der Waals surface area contributed by atoms with Gasteiger partial charge in [-0.05, 0) is 35.5 Å². The van der Waals surface area contributed by atoms with Gasteiger partial charge in [0.1, 0.15) is 24.7 Å². The number of hydrogen-bond acceptors (Lipinski definition) is 10. The number of fused-ring (bicyclic) bond motifs is 1. The van der Waals surface area contributed by atoms with Gasteiger partial charge < -0.3 is 24.6 Å². The molecule has 3 aromatic rings. The summed E-state index contributed by atoms with van der Waals surface area (Å²) in [6.45, 7) is 3.37. The topological polar surface area (TPSA) is 178 Å². The Bertz CT molecular complexity index is 1430. The number of aromatic nitrogens is 6. The molecule has 3 atom stereocenters. The lowest BCUT2D eigenvalue weighted by molar-refractivity contribution is -0.116. The van der Waals surface area contributed by atoms with Gasteiger partial charge in [0.2, 0.25) is 5.91 Å². The molecule has 0 saturated heterocycles. The highest BCUT2D eigenvalue weighted by Gasteiger charge is 2.35. The van der Waals surface area contributed by atoms with Gasteiger partial charge in [-0.25, -0.2) is 18.1 Å². The van der Waals surface area contributed by atoms with Crippen molar-refractivity contribution in [2.75, 3.05) is 32.1 Å². The molecule has 0 aliphatic carbocycles. The fourth-order valence-electron chi connectivity index (χ4n) is 4.15. The van der Waals surface area contributed by atoms with Crippen LogP contribution < -0.4 is 10.1 Å². The minimum atomic E-state index is -3.89. The van der Waals surface area contributed by atoms with E-state index in [9.17, 15) is 23.1 Å². The second kappa shape index (κ2) is 11.5. The molecule has 0 saturated carbocycles. The Morgan fingerprint density at radius 1 is 1.33 bits per heavy atom. The minimum Gasteiger partial charge on any atom is -0.488 e. The first-order valence-corrected chi connectivity index (χ1v) is 13.6. The first kappa shape index (κ1) is 28.1. The number of hydrogen-bond donors (Lipinski definition) is 2. The van der Waals surface area contributed by atoms with Crippen molar-refractivity contribution in [1.29, 1.82) is 0 Å². The van der Waals surface area contributed by atoms with Crippen LogP contribution in [-0.2, 0) is 28.4 Å². The summed E-state index contributed by atoms with van der Waals surface area (Å²) in [6.07, 6.45) is 3.49. The third-order valence-electron chi connectivity index (χ3n) is 6.44. The molecule has 1 aliphatic rings. The van der Waals surface area contributed by atoms with Crippen molar-refractivity contribution in [2.45, 2.75) is 37.6 Å². The van der Waals surface area contributed by atoms with Gasteiger partial charge in [-0.15, -0.1) is 5.10 Å². The van der Waals surface area contributed by atoms with Crippen LogP contribution in [0.4, 0.5) is 5.69 Å². The van der Waals surface area contributed by atoms with Crippen LogP contribution in [0, 0.1) is 5.92 Å². The number of ether oxygens (including phenoxy) is 1. The van der Waals surface area contributed by atoms with E-state index in [0.29, 0.717) is 5.69 Å². The van der Waals surface area contributed by atoms with Crippen LogP contribution in [0.2, 0.25) is 0 Å². The van der Waals surface area contributed by atoms with E-state index < -0.39 is 28.1 Å². The van der Waals surface area contributed by atoms with Crippen LogP contribution in [0.5, 0.6) is 5.75 Å². The van der Waals surface area contributed by atoms with Crippen LogP contribution in [0.3, 0.4) is 0 Å². The Hall–Kier alpha value is -3.89. The summed E-state index contributed by atoms with van der Waals surface area (Å²) < 4.78 is 36.4. The minimum absolute atomic E-state index is 0.0144. The fraction of sp³-hybridized carbons (Fsp3) is 0.478. The van der Waals surface area contributed by atoms with E-state index in [4.69, 9.17) is 4.74 Å². The second-order valence-corrected chi connectivity index (χ2v) is 11.5. The van der Waals surface area contributed by atoms with Gasteiger partial charge >= 0.3 is 0 Å². The number of sulfonamides is 1. The number of carbonyl (C=O) groups excluding carboxylic acids is 2. The summed E-state index contributed by atoms with van der Waals surface area (Å²) in [6, 6.07) is 4.12. The molecule has 0 fully saturated rings. The Morgan fingerprint density at radius 2 is 2.10 bits per heavy atom. The summed E-state index contributed by atoms with van der Waals surface area (Å²) in [5.41, 5.74) is 0.517. The molecule has 4 rings (SSSR count). The van der Waals surface area contributed by atoms with E-state index in [1.807, 2.05) is 6.92 Å². The zero-order valence-electron chi connectivity index (χ0n) is 22.0. The second-order valence-electron chi connectivity index (χ2n) is 9.55. The van der Waals surface area contributed by atoms with E-state index in [2.05, 4.69) is 25.8 Å². The van der Waals surface area contributed by atoms with E-state index in [0.717, 1.165) is 0 Å². The standard InChI is InChI=1S/C23H31N9O6S/c1-15-8-32(16(2)12-33)23(35)18-7-17(26-21(34)10-31-14-25-27-28-31)5-6-19(18)38-20(15)9-30(4)39(36,37)22-11-29(3)13-24-22/h5-7,11,13-16,20,33H,8-10,12H2,1-4H3,(H,26,34). The molecule has 0 bridgehead atoms. The maximum Gasteiger partial charge on any atom is 0.261 e. The smallest absolute Gasteiger partial charge is 0.261 e. The number of tetrazole rings is 1. The van der Waals surface area contributed by atoms with Gasteiger partial charge in [-0.2, -0.15) is 4.31 Å². The number of imidazole rings is 1. The number of benzene rings is 1. The highest BCUT2D eigenvalue weighted by Crippen LogP contribution is 2.31. The zero-order chi connectivity index (χ0) is 28.3. The predicted molar refractivity (Wildman–Crippen MR) is 137 cm³/mol. The molecule has 2 amide bonds. The molecule has 3 unspecified atom stereocenters. The van der Waals surface area contributed by atoms with Gasteiger partial charge in [0.05, 0.1) is 31.1 Å². The molecule has 3 heterocycles. The molecule has 1 aliphatic heterocycles. The van der Waals surface area contributed by atoms with E-state index >= 15 is 0 Å². The lowest BCUT2D eigenvalue weighted by Gasteiger charge is -2.38. The molecule has 1 aromatic carbocycles. The quantitative estimate of drug-likeness (QED) is 0.349. The molecule has 2 N–H and O–H groups in total. The number of carbonyl (C=O) groups is 2. The predicted octanol–water partition coefficient (Wildman–Crippen LogP) is -0.414. The Morgan fingerprint density at radius 3 is 2.74 bits per heavy atom. The number of likely N-dealkylation sites (N-methyl/N-ethyl adjacent to an activating group) is 1. The van der Waals surface area contributed by atoms with Crippen LogP contribution in [0.15, 0.2) is 42.1 Å². The fourth-order valence-corrected chi connectivity index (χ4v) is 5.29. The van der Waals surface area contributed by atoms with Crippen LogP contribution in [-0.4, -0.2) is 103 Å². The molecule has 2 aromatic heterocycles. The monoisotopic (exact) mass is 561 g/mol. The first-order valence-electron chi connectivity index (χ1n) is 12.2. The largest absolute Gasteiger partial charge is 0.488 e. The Kier molecular flexibility index (Phi) is 8.27. The molecular weight excluding hydrogens is 530 g/mol. The van der Waals surface area contributed by atoms with Crippen molar-refractivity contribution in [1.82, 2.24) is 39.0 Å². The van der Waals surface area contributed by atoms with Gasteiger partial charge in [-0.1, -0.05) is 6.92 Å². The number of nitrogens with one attached hydrogen (secondary N) is 1. The number of nitrogens with zero attached hydrogens (tertiary/aromatic N) is 8. The van der Waals surface area contributed by atoms with Crippen LogP contribution in [0.25, 0.3) is 0 Å². The lowest BCUT2D eigenvalue weighted by atomic mass is 9.99. The number of aryl methyl sites for hydroxylation is 1. The first-order chi connectivity index (χ1) is 18.5. The summed E-state index contributed by atoms with van der Waals surface area (Å²) in [4.78, 5) is 31.5. The highest BCUT2D eigenvalue weighted by atomic mass is 32.2. The number of aliphatic hydroxyl groups is 1. The normalized spacial score (nSPS) is 18.7. The maximum atomic E-state index is 13.6. The summed E-state index contributed by atoms with van der Waals surface area (Å²) in [7, 11) is -0.762. The number of rotatable bonds is 9. The van der Waals surface area contributed by atoms with Crippen molar-refractivity contribution < 1.29 is 27.9 Å². The average Bonchev–Trinajstić information content (AvgIpc) is 3.57. The van der Waals surface area contributed by atoms with Crippen molar-refractivity contribution in [3.63, 3.8) is 0 Å².